The van der Waals surface area contributed by atoms with E-state index in [1.54, 1.807) is 0 Å². The summed E-state index contributed by atoms with van der Waals surface area (Å²) < 4.78 is 2.09. The maximum absolute atomic E-state index is 4.38. The Balaban J connectivity index is 0.000000531. The molecule has 13 heavy (non-hydrogen) atoms. The fraction of sp³-hybridized carbons (Fsp3) is 0.364. The highest BCUT2D eigenvalue weighted by Crippen LogP contribution is 2.12. The van der Waals surface area contributed by atoms with Crippen LogP contribution < -0.4 is 0 Å². The molecule has 0 bridgehead atoms. The molecule has 0 spiro atoms. The van der Waals surface area contributed by atoms with E-state index in [0.29, 0.717) is 0 Å². The lowest BCUT2D eigenvalue weighted by molar-refractivity contribution is 0.886. The highest BCUT2D eigenvalue weighted by molar-refractivity contribution is 5.75. The van der Waals surface area contributed by atoms with Crippen molar-refractivity contribution < 1.29 is 1.43 Å². The summed E-state index contributed by atoms with van der Waals surface area (Å²) in [6.07, 6.45) is 0. The third kappa shape index (κ3) is 1.72. The van der Waals surface area contributed by atoms with Crippen molar-refractivity contribution in [1.82, 2.24) is 9.55 Å². The molecule has 0 aliphatic heterocycles. The molecule has 72 valence electrons. The number of nitrogens with zero attached hydrogens (tertiary/aromatic N) is 2. The molecule has 0 N–H and O–H groups in total. The largest absolute Gasteiger partial charge is 0.331 e. The van der Waals surface area contributed by atoms with Crippen LogP contribution in [0.5, 0.6) is 0 Å². The highest BCUT2D eigenvalue weighted by atomic mass is 15.0. The Hall–Kier alpha value is -1.31. The summed E-state index contributed by atoms with van der Waals surface area (Å²) in [6.45, 7) is 6.01. The van der Waals surface area contributed by atoms with Gasteiger partial charge in [0, 0.05) is 8.47 Å². The zero-order valence-electron chi connectivity index (χ0n) is 8.70. The fourth-order valence-electron chi connectivity index (χ4n) is 1.27. The Kier molecular flexibility index (Phi) is 3.07. The van der Waals surface area contributed by atoms with Gasteiger partial charge in [0.1, 0.15) is 5.82 Å². The van der Waals surface area contributed by atoms with E-state index in [1.807, 2.05) is 46.0 Å². The predicted octanol–water partition coefficient (Wildman–Crippen LogP) is 3.15. The molecule has 0 aliphatic rings. The second-order valence-electron chi connectivity index (χ2n) is 2.71. The number of benzene rings is 1. The number of rotatable bonds is 0. The van der Waals surface area contributed by atoms with Crippen molar-refractivity contribution in [3.63, 3.8) is 0 Å². The first-order valence-electron chi connectivity index (χ1n) is 4.67. The molecular formula is C11H18N2. The van der Waals surface area contributed by atoms with Crippen LogP contribution in [0.15, 0.2) is 24.3 Å². The maximum Gasteiger partial charge on any atom is 0.106 e. The Morgan fingerprint density at radius 2 is 1.85 bits per heavy atom. The molecule has 1 aromatic carbocycles. The van der Waals surface area contributed by atoms with E-state index in [0.717, 1.165) is 11.3 Å². The minimum atomic E-state index is 0. The maximum atomic E-state index is 4.38. The Bertz CT molecular complexity index is 393. The standard InChI is InChI=1S/C9H10N2.C2H6.H2/c1-7-10-8-5-3-4-6-9(8)11(7)2;1-2;/h3-6H,1-2H3;1-2H3;1H. The van der Waals surface area contributed by atoms with Gasteiger partial charge in [-0.3, -0.25) is 0 Å². The van der Waals surface area contributed by atoms with Crippen LogP contribution in [0, 0.1) is 6.92 Å². The molecule has 0 atom stereocenters. The van der Waals surface area contributed by atoms with Crippen molar-refractivity contribution in [2.45, 2.75) is 20.8 Å². The van der Waals surface area contributed by atoms with E-state index >= 15 is 0 Å². The molecule has 0 radical (unpaired) electrons. The molecular weight excluding hydrogens is 160 g/mol. The first-order valence-corrected chi connectivity index (χ1v) is 4.67. The van der Waals surface area contributed by atoms with Gasteiger partial charge in [-0.05, 0) is 19.1 Å². The fourth-order valence-corrected chi connectivity index (χ4v) is 1.27. The van der Waals surface area contributed by atoms with Gasteiger partial charge in [0.05, 0.1) is 11.0 Å². The smallest absolute Gasteiger partial charge is 0.106 e. The first kappa shape index (κ1) is 9.78. The first-order chi connectivity index (χ1) is 6.29. The van der Waals surface area contributed by atoms with Crippen molar-refractivity contribution >= 4 is 11.0 Å². The van der Waals surface area contributed by atoms with Crippen LogP contribution in [0.1, 0.15) is 21.1 Å². The lowest BCUT2D eigenvalue weighted by Crippen LogP contribution is -1.89. The second-order valence-corrected chi connectivity index (χ2v) is 2.71. The van der Waals surface area contributed by atoms with Crippen LogP contribution >= 0.6 is 0 Å². The number of aryl methyl sites for hydroxylation is 2. The topological polar surface area (TPSA) is 17.8 Å². The summed E-state index contributed by atoms with van der Waals surface area (Å²) in [7, 11) is 2.03. The van der Waals surface area contributed by atoms with Crippen LogP contribution in [-0.4, -0.2) is 9.55 Å². The van der Waals surface area contributed by atoms with Crippen LogP contribution in [-0.2, 0) is 7.05 Å². The van der Waals surface area contributed by atoms with Gasteiger partial charge < -0.3 is 4.57 Å². The minimum absolute atomic E-state index is 0. The van der Waals surface area contributed by atoms with E-state index in [2.05, 4.69) is 15.6 Å². The second kappa shape index (κ2) is 4.08. The summed E-state index contributed by atoms with van der Waals surface area (Å²) in [5, 5.41) is 0. The summed E-state index contributed by atoms with van der Waals surface area (Å²) in [5.41, 5.74) is 2.28. The zero-order chi connectivity index (χ0) is 9.84. The average molecular weight is 178 g/mol. The van der Waals surface area contributed by atoms with E-state index < -0.39 is 0 Å². The predicted molar refractivity (Wildman–Crippen MR) is 58.9 cm³/mol. The van der Waals surface area contributed by atoms with Gasteiger partial charge in [0.2, 0.25) is 0 Å². The summed E-state index contributed by atoms with van der Waals surface area (Å²) in [4.78, 5) is 4.38. The lowest BCUT2D eigenvalue weighted by Gasteiger charge is -1.93. The molecule has 2 heteroatoms. The number of aromatic nitrogens is 2. The van der Waals surface area contributed by atoms with Gasteiger partial charge in [0.25, 0.3) is 0 Å². The Morgan fingerprint density at radius 3 is 2.46 bits per heavy atom. The van der Waals surface area contributed by atoms with E-state index in [9.17, 15) is 0 Å². The Morgan fingerprint density at radius 1 is 1.23 bits per heavy atom. The molecule has 0 saturated carbocycles. The van der Waals surface area contributed by atoms with E-state index in [1.165, 1.54) is 5.52 Å². The average Bonchev–Trinajstić information content (AvgIpc) is 2.47. The summed E-state index contributed by atoms with van der Waals surface area (Å²) in [6, 6.07) is 8.15. The third-order valence-corrected chi connectivity index (χ3v) is 2.01. The van der Waals surface area contributed by atoms with Crippen molar-refractivity contribution in [3.8, 4) is 0 Å². The number of para-hydroxylation sites is 2. The molecule has 1 aromatic heterocycles. The summed E-state index contributed by atoms with van der Waals surface area (Å²) in [5.74, 6) is 1.06. The molecule has 2 rings (SSSR count). The Labute approximate surface area is 80.7 Å². The molecule has 0 saturated heterocycles. The molecule has 1 heterocycles. The van der Waals surface area contributed by atoms with Gasteiger partial charge in [0.15, 0.2) is 0 Å². The van der Waals surface area contributed by atoms with Crippen molar-refractivity contribution in [3.05, 3.63) is 30.1 Å². The normalized spacial score (nSPS) is 9.54. The number of hydrogen-bond acceptors (Lipinski definition) is 1. The molecule has 0 fully saturated rings. The van der Waals surface area contributed by atoms with Crippen molar-refractivity contribution in [2.24, 2.45) is 7.05 Å². The van der Waals surface area contributed by atoms with Gasteiger partial charge in [-0.25, -0.2) is 4.98 Å². The molecule has 0 amide bonds. The van der Waals surface area contributed by atoms with E-state index in [4.69, 9.17) is 0 Å². The number of hydrogen-bond donors (Lipinski definition) is 0. The lowest BCUT2D eigenvalue weighted by atomic mass is 10.3. The van der Waals surface area contributed by atoms with Gasteiger partial charge in [-0.2, -0.15) is 0 Å². The number of fused-ring (bicyclic) bond motifs is 1. The molecule has 0 aliphatic carbocycles. The van der Waals surface area contributed by atoms with Crippen LogP contribution in [0.4, 0.5) is 0 Å². The number of imidazole rings is 1. The third-order valence-electron chi connectivity index (χ3n) is 2.01. The van der Waals surface area contributed by atoms with Crippen molar-refractivity contribution in [2.75, 3.05) is 0 Å². The summed E-state index contributed by atoms with van der Waals surface area (Å²) >= 11 is 0. The van der Waals surface area contributed by atoms with Crippen LogP contribution in [0.25, 0.3) is 11.0 Å². The highest BCUT2D eigenvalue weighted by Gasteiger charge is 2.00. The van der Waals surface area contributed by atoms with Gasteiger partial charge in [-0.1, -0.05) is 26.0 Å². The molecule has 0 unspecified atom stereocenters. The molecule has 2 aromatic rings. The van der Waals surface area contributed by atoms with Crippen LogP contribution in [0.2, 0.25) is 0 Å². The zero-order valence-corrected chi connectivity index (χ0v) is 8.70. The monoisotopic (exact) mass is 178 g/mol. The minimum Gasteiger partial charge on any atom is -0.331 e. The van der Waals surface area contributed by atoms with Crippen molar-refractivity contribution in [1.29, 1.82) is 0 Å². The SMILES string of the molecule is CC.Cc1nc2ccccc2n1C.[HH]. The van der Waals surface area contributed by atoms with E-state index in [-0.39, 0.29) is 1.43 Å². The van der Waals surface area contributed by atoms with Crippen LogP contribution in [0.3, 0.4) is 0 Å². The van der Waals surface area contributed by atoms with Gasteiger partial charge in [-0.15, -0.1) is 0 Å². The quantitative estimate of drug-likeness (QED) is 0.606. The molecule has 2 nitrogen and oxygen atoms in total. The van der Waals surface area contributed by atoms with Gasteiger partial charge >= 0.3 is 0 Å².